The molecule has 16 nitrogen and oxygen atoms in total. The van der Waals surface area contributed by atoms with Crippen molar-refractivity contribution in [3.63, 3.8) is 0 Å². The number of nitrogens with zero attached hydrogens (tertiary/aromatic N) is 4. The smallest absolute Gasteiger partial charge is 0.328 e. The molecule has 1 fully saturated rings. The molecule has 3 heterocycles. The molecule has 16 heteroatoms. The van der Waals surface area contributed by atoms with Gasteiger partial charge in [-0.1, -0.05) is 59.7 Å². The number of carbonyl (C=O) groups is 5. The van der Waals surface area contributed by atoms with Crippen LogP contribution in [0.2, 0.25) is 0 Å². The number of aliphatic carboxylic acids is 5. The van der Waals surface area contributed by atoms with E-state index in [1.165, 1.54) is 22.3 Å². The molecule has 0 unspecified atom stereocenters. The second kappa shape index (κ2) is 21.6. The van der Waals surface area contributed by atoms with Gasteiger partial charge in [-0.25, -0.2) is 28.7 Å². The van der Waals surface area contributed by atoms with Crippen molar-refractivity contribution in [2.24, 2.45) is 0 Å². The molecule has 0 spiro atoms. The number of benzene rings is 2. The number of anilines is 1. The molecule has 5 rings (SSSR count). The largest absolute Gasteiger partial charge is 0.481 e. The highest BCUT2D eigenvalue weighted by atomic mass is 16.5. The number of ether oxygens (including phenoxy) is 1. The van der Waals surface area contributed by atoms with Crippen LogP contribution in [0.5, 0.6) is 0 Å². The monoisotopic (exact) mass is 787 g/mol. The summed E-state index contributed by atoms with van der Waals surface area (Å²) < 4.78 is 8.41. The second-order valence-electron chi connectivity index (χ2n) is 13.8. The summed E-state index contributed by atoms with van der Waals surface area (Å²) >= 11 is 0. The summed E-state index contributed by atoms with van der Waals surface area (Å²) in [5, 5.41) is 48.7. The van der Waals surface area contributed by atoms with Crippen molar-refractivity contribution in [3.8, 4) is 0 Å². The van der Waals surface area contributed by atoms with Gasteiger partial charge >= 0.3 is 29.8 Å². The van der Waals surface area contributed by atoms with Gasteiger partial charge in [0.1, 0.15) is 17.3 Å². The zero-order chi connectivity index (χ0) is 42.1. The lowest BCUT2D eigenvalue weighted by molar-refractivity contribution is -0.142. The normalized spacial score (nSPS) is 13.5. The van der Waals surface area contributed by atoms with Crippen LogP contribution in [0.3, 0.4) is 0 Å². The van der Waals surface area contributed by atoms with Gasteiger partial charge in [-0.3, -0.25) is 4.79 Å². The number of rotatable bonds is 15. The number of carboxylic acid groups (broad SMARTS) is 5. The van der Waals surface area contributed by atoms with Crippen LogP contribution in [-0.4, -0.2) is 107 Å². The topological polar surface area (TPSA) is 241 Å². The molecule has 0 bridgehead atoms. The van der Waals surface area contributed by atoms with E-state index in [4.69, 9.17) is 25.2 Å². The predicted octanol–water partition coefficient (Wildman–Crippen LogP) is 5.20. The van der Waals surface area contributed by atoms with E-state index in [0.29, 0.717) is 35.6 Å². The van der Waals surface area contributed by atoms with E-state index in [2.05, 4.69) is 82.7 Å². The zero-order valence-electron chi connectivity index (χ0n) is 32.2. The Bertz CT molecular complexity index is 1920. The molecule has 0 saturated carbocycles. The number of aryl methyl sites for hydroxylation is 2. The fourth-order valence-electron chi connectivity index (χ4n) is 5.48. The number of hydrogen-bond donors (Lipinski definition) is 6. The first-order chi connectivity index (χ1) is 26.9. The van der Waals surface area contributed by atoms with Gasteiger partial charge in [-0.2, -0.15) is 0 Å². The number of carboxylic acids is 5. The molecule has 1 aliphatic rings. The SMILES string of the molecule is Cc1ccc(C(OC2CCN(CCCNc3ccc4nc(C(C)(C)C(=O)O)cn4n3)CC2)c2ccc(C)cc2)cc1.O=C(O)C=CC(=O)O.O=C(O)C=CC(=O)O. The second-order valence-corrected chi connectivity index (χ2v) is 13.8. The lowest BCUT2D eigenvalue weighted by Gasteiger charge is -2.34. The minimum atomic E-state index is -1.26. The highest BCUT2D eigenvalue weighted by Crippen LogP contribution is 2.31. The van der Waals surface area contributed by atoms with Gasteiger partial charge in [0.2, 0.25) is 0 Å². The van der Waals surface area contributed by atoms with E-state index >= 15 is 0 Å². The fraction of sp³-hybridized carbons (Fsp3) is 0.341. The Morgan fingerprint density at radius 3 is 1.68 bits per heavy atom. The van der Waals surface area contributed by atoms with Crippen LogP contribution < -0.4 is 5.32 Å². The Morgan fingerprint density at radius 1 is 0.772 bits per heavy atom. The van der Waals surface area contributed by atoms with Gasteiger partial charge in [0.25, 0.3) is 0 Å². The van der Waals surface area contributed by atoms with Crippen LogP contribution >= 0.6 is 0 Å². The van der Waals surface area contributed by atoms with Crippen molar-refractivity contribution in [1.29, 1.82) is 0 Å². The molecule has 2 aromatic carbocycles. The zero-order valence-corrected chi connectivity index (χ0v) is 32.2. The molecule has 1 saturated heterocycles. The Morgan fingerprint density at radius 2 is 1.25 bits per heavy atom. The van der Waals surface area contributed by atoms with Crippen molar-refractivity contribution in [3.05, 3.63) is 119 Å². The van der Waals surface area contributed by atoms with E-state index < -0.39 is 35.3 Å². The Hall–Kier alpha value is -6.39. The van der Waals surface area contributed by atoms with E-state index in [1.807, 2.05) is 12.1 Å². The molecule has 0 atom stereocenters. The summed E-state index contributed by atoms with van der Waals surface area (Å²) in [4.78, 5) is 56.8. The maximum atomic E-state index is 11.6. The van der Waals surface area contributed by atoms with E-state index in [9.17, 15) is 29.1 Å². The van der Waals surface area contributed by atoms with Crippen LogP contribution in [0, 0.1) is 13.8 Å². The molecule has 1 aliphatic heterocycles. The quantitative estimate of drug-likeness (QED) is 0.0670. The highest BCUT2D eigenvalue weighted by Gasteiger charge is 2.32. The molecule has 6 N–H and O–H groups in total. The molecule has 57 heavy (non-hydrogen) atoms. The molecular formula is C41H49N5O11. The number of imidazole rings is 1. The first kappa shape index (κ1) is 45.0. The van der Waals surface area contributed by atoms with Gasteiger partial charge in [-0.05, 0) is 76.8 Å². The summed E-state index contributed by atoms with van der Waals surface area (Å²) in [6.45, 7) is 11.4. The average Bonchev–Trinajstić information content (AvgIpc) is 3.60. The Kier molecular flexibility index (Phi) is 17.1. The number of hydrogen-bond acceptors (Lipinski definition) is 10. The van der Waals surface area contributed by atoms with Gasteiger partial charge in [0.05, 0.1) is 18.0 Å². The van der Waals surface area contributed by atoms with Crippen molar-refractivity contribution in [1.82, 2.24) is 19.5 Å². The minimum absolute atomic E-state index is 0.0523. The number of piperidine rings is 1. The van der Waals surface area contributed by atoms with Crippen LogP contribution in [0.25, 0.3) is 5.65 Å². The summed E-state index contributed by atoms with van der Waals surface area (Å²) in [6.07, 6.45) is 7.16. The van der Waals surface area contributed by atoms with Gasteiger partial charge in [0.15, 0.2) is 5.65 Å². The maximum absolute atomic E-state index is 11.6. The molecule has 0 aliphatic carbocycles. The third-order valence-corrected chi connectivity index (χ3v) is 8.81. The van der Waals surface area contributed by atoms with Crippen LogP contribution in [-0.2, 0) is 34.1 Å². The van der Waals surface area contributed by atoms with Crippen LogP contribution in [0.15, 0.2) is 91.2 Å². The first-order valence-corrected chi connectivity index (χ1v) is 18.1. The van der Waals surface area contributed by atoms with E-state index in [-0.39, 0.29) is 12.2 Å². The van der Waals surface area contributed by atoms with Gasteiger partial charge in [0, 0.05) is 43.9 Å². The lowest BCUT2D eigenvalue weighted by atomic mass is 9.90. The summed E-state index contributed by atoms with van der Waals surface area (Å²) in [5.74, 6) is -5.19. The molecule has 304 valence electrons. The van der Waals surface area contributed by atoms with Crippen LogP contribution in [0.4, 0.5) is 5.82 Å². The number of aromatic nitrogens is 3. The first-order valence-electron chi connectivity index (χ1n) is 18.1. The standard InChI is InChI=1S/C33H41N5O3.2C4H4O4/c1-23-6-10-25(11-7-23)31(26-12-8-24(2)9-13-26)41-27-16-20-37(21-17-27)19-5-18-34-29-14-15-30-35-28(22-38(30)36-29)33(3,4)32(39)40;2*5-3(6)1-2-4(7)8/h6-15,22,27,31H,5,16-21H2,1-4H3,(H,34,36)(H,39,40);2*1-2H,(H,5,6)(H,7,8). The molecular weight excluding hydrogens is 738 g/mol. The highest BCUT2D eigenvalue weighted by molar-refractivity contribution is 5.90. The maximum Gasteiger partial charge on any atom is 0.328 e. The predicted molar refractivity (Wildman–Crippen MR) is 210 cm³/mol. The number of likely N-dealkylation sites (tertiary alicyclic amines) is 1. The summed E-state index contributed by atoms with van der Waals surface area (Å²) in [6, 6.07) is 21.2. The fourth-order valence-corrected chi connectivity index (χ4v) is 5.48. The third kappa shape index (κ3) is 15.3. The summed E-state index contributed by atoms with van der Waals surface area (Å²) in [5.41, 5.74) is 4.98. The Labute approximate surface area is 329 Å². The van der Waals surface area contributed by atoms with E-state index in [0.717, 1.165) is 51.3 Å². The lowest BCUT2D eigenvalue weighted by Crippen LogP contribution is -2.38. The Balaban J connectivity index is 0.000000457. The van der Waals surface area contributed by atoms with Crippen molar-refractivity contribution >= 4 is 41.3 Å². The van der Waals surface area contributed by atoms with E-state index in [1.54, 1.807) is 24.6 Å². The van der Waals surface area contributed by atoms with Crippen molar-refractivity contribution < 1.29 is 54.2 Å². The minimum Gasteiger partial charge on any atom is -0.481 e. The summed E-state index contributed by atoms with van der Waals surface area (Å²) in [7, 11) is 0. The molecule has 0 amide bonds. The molecule has 4 aromatic rings. The third-order valence-electron chi connectivity index (χ3n) is 8.81. The number of fused-ring (bicyclic) bond motifs is 1. The van der Waals surface area contributed by atoms with Gasteiger partial charge in [-0.15, -0.1) is 5.10 Å². The van der Waals surface area contributed by atoms with Crippen LogP contribution in [0.1, 0.15) is 67.2 Å². The number of nitrogens with one attached hydrogen (secondary N) is 1. The van der Waals surface area contributed by atoms with Gasteiger partial charge < -0.3 is 40.5 Å². The molecule has 0 radical (unpaired) electrons. The molecule has 2 aromatic heterocycles. The van der Waals surface area contributed by atoms with Crippen molar-refractivity contribution in [2.75, 3.05) is 31.5 Å². The van der Waals surface area contributed by atoms with Crippen molar-refractivity contribution in [2.45, 2.75) is 64.6 Å². The average molecular weight is 788 g/mol.